The highest BCUT2D eigenvalue weighted by molar-refractivity contribution is 4.78. The minimum Gasteiger partial charge on any atom is -0.391 e. The van der Waals surface area contributed by atoms with Crippen LogP contribution >= 0.6 is 0 Å². The first-order valence-electron chi connectivity index (χ1n) is 8.21. The van der Waals surface area contributed by atoms with Crippen LogP contribution in [0.15, 0.2) is 0 Å². The Morgan fingerprint density at radius 1 is 0.778 bits per heavy atom. The Balaban J connectivity index is 2.51. The van der Waals surface area contributed by atoms with Gasteiger partial charge in [0.25, 0.3) is 0 Å². The summed E-state index contributed by atoms with van der Waals surface area (Å²) in [4.78, 5) is 2.45. The maximum absolute atomic E-state index is 10.4. The number of nitrogens with zero attached hydrogens (tertiary/aromatic N) is 1. The van der Waals surface area contributed by atoms with Crippen LogP contribution in [0.2, 0.25) is 0 Å². The van der Waals surface area contributed by atoms with Gasteiger partial charge in [-0.25, -0.2) is 0 Å². The van der Waals surface area contributed by atoms with E-state index in [2.05, 4.69) is 18.7 Å². The first-order chi connectivity index (χ1) is 8.79. The fraction of sp³-hybridized carbons (Fsp3) is 1.00. The molecule has 0 radical (unpaired) electrons. The van der Waals surface area contributed by atoms with E-state index >= 15 is 0 Å². The molecule has 1 saturated carbocycles. The second-order valence-electron chi connectivity index (χ2n) is 5.76. The average Bonchev–Trinajstić information content (AvgIpc) is 2.37. The lowest BCUT2D eigenvalue weighted by molar-refractivity contribution is 0.0403. The Kier molecular flexibility index (Phi) is 8.70. The highest BCUT2D eigenvalue weighted by Gasteiger charge is 2.23. The molecule has 1 N–H and O–H groups in total. The first-order valence-corrected chi connectivity index (χ1v) is 8.21. The fourth-order valence-corrected chi connectivity index (χ4v) is 3.27. The van der Waals surface area contributed by atoms with E-state index in [0.29, 0.717) is 6.04 Å². The van der Waals surface area contributed by atoms with Gasteiger partial charge in [-0.15, -0.1) is 0 Å². The molecule has 0 amide bonds. The van der Waals surface area contributed by atoms with Gasteiger partial charge < -0.3 is 5.11 Å². The topological polar surface area (TPSA) is 23.5 Å². The van der Waals surface area contributed by atoms with Crippen LogP contribution in [0.3, 0.4) is 0 Å². The van der Waals surface area contributed by atoms with Gasteiger partial charge >= 0.3 is 0 Å². The highest BCUT2D eigenvalue weighted by atomic mass is 16.3. The van der Waals surface area contributed by atoms with Crippen molar-refractivity contribution in [1.82, 2.24) is 4.90 Å². The summed E-state index contributed by atoms with van der Waals surface area (Å²) in [6.45, 7) is 6.56. The Morgan fingerprint density at radius 2 is 1.22 bits per heavy atom. The smallest absolute Gasteiger partial charge is 0.0695 e. The molecule has 1 rings (SSSR count). The Labute approximate surface area is 114 Å². The van der Waals surface area contributed by atoms with E-state index in [-0.39, 0.29) is 6.10 Å². The van der Waals surface area contributed by atoms with Gasteiger partial charge in [0.2, 0.25) is 0 Å². The predicted octanol–water partition coefficient (Wildman–Crippen LogP) is 3.97. The Hall–Kier alpha value is -0.0800. The van der Waals surface area contributed by atoms with Gasteiger partial charge in [0.15, 0.2) is 0 Å². The van der Waals surface area contributed by atoms with Gasteiger partial charge in [0.05, 0.1) is 6.10 Å². The van der Waals surface area contributed by atoms with Crippen LogP contribution in [0.4, 0.5) is 0 Å². The molecular weight excluding hydrogens is 222 g/mol. The second kappa shape index (κ2) is 9.80. The van der Waals surface area contributed by atoms with Gasteiger partial charge in [-0.2, -0.15) is 0 Å². The molecule has 2 unspecified atom stereocenters. The monoisotopic (exact) mass is 255 g/mol. The fourth-order valence-electron chi connectivity index (χ4n) is 3.27. The molecular formula is C16H33NO. The SMILES string of the molecule is CCN(CC)C1CCCCCCCCCCC1O. The lowest BCUT2D eigenvalue weighted by atomic mass is 9.95. The van der Waals surface area contributed by atoms with E-state index in [4.69, 9.17) is 0 Å². The summed E-state index contributed by atoms with van der Waals surface area (Å²) in [5.41, 5.74) is 0. The van der Waals surface area contributed by atoms with Crippen LogP contribution in [0.25, 0.3) is 0 Å². The van der Waals surface area contributed by atoms with Crippen molar-refractivity contribution < 1.29 is 5.11 Å². The third-order valence-electron chi connectivity index (χ3n) is 4.48. The summed E-state index contributed by atoms with van der Waals surface area (Å²) in [5, 5.41) is 10.4. The average molecular weight is 255 g/mol. The molecule has 18 heavy (non-hydrogen) atoms. The summed E-state index contributed by atoms with van der Waals surface area (Å²) in [5.74, 6) is 0. The third-order valence-corrected chi connectivity index (χ3v) is 4.48. The normalized spacial score (nSPS) is 28.7. The molecule has 0 aromatic rings. The number of aliphatic hydroxyl groups is 1. The maximum Gasteiger partial charge on any atom is 0.0695 e. The van der Waals surface area contributed by atoms with Crippen molar-refractivity contribution >= 4 is 0 Å². The van der Waals surface area contributed by atoms with Crippen LogP contribution in [-0.4, -0.2) is 35.2 Å². The maximum atomic E-state index is 10.4. The largest absolute Gasteiger partial charge is 0.391 e. The van der Waals surface area contributed by atoms with Crippen LogP contribution in [0, 0.1) is 0 Å². The molecule has 0 heterocycles. The molecule has 1 fully saturated rings. The summed E-state index contributed by atoms with van der Waals surface area (Å²) in [6, 6.07) is 0.402. The Bertz CT molecular complexity index is 192. The molecule has 2 nitrogen and oxygen atoms in total. The van der Waals surface area contributed by atoms with Crippen molar-refractivity contribution in [2.24, 2.45) is 0 Å². The molecule has 1 aliphatic rings. The van der Waals surface area contributed by atoms with Crippen LogP contribution < -0.4 is 0 Å². The van der Waals surface area contributed by atoms with Crippen molar-refractivity contribution in [1.29, 1.82) is 0 Å². The van der Waals surface area contributed by atoms with E-state index in [9.17, 15) is 5.11 Å². The molecule has 108 valence electrons. The quantitative estimate of drug-likeness (QED) is 0.825. The van der Waals surface area contributed by atoms with Crippen molar-refractivity contribution in [2.45, 2.75) is 90.2 Å². The van der Waals surface area contributed by atoms with E-state index in [1.165, 1.54) is 57.8 Å². The van der Waals surface area contributed by atoms with Crippen LogP contribution in [0.1, 0.15) is 78.1 Å². The molecule has 0 aliphatic heterocycles. The second-order valence-corrected chi connectivity index (χ2v) is 5.76. The minimum atomic E-state index is -0.107. The number of likely N-dealkylation sites (N-methyl/N-ethyl adjacent to an activating group) is 1. The molecule has 0 bridgehead atoms. The summed E-state index contributed by atoms with van der Waals surface area (Å²) in [6.07, 6.45) is 12.8. The summed E-state index contributed by atoms with van der Waals surface area (Å²) >= 11 is 0. The molecule has 0 aromatic carbocycles. The van der Waals surface area contributed by atoms with Gasteiger partial charge in [-0.05, 0) is 25.9 Å². The predicted molar refractivity (Wildman–Crippen MR) is 78.9 cm³/mol. The van der Waals surface area contributed by atoms with E-state index in [1.54, 1.807) is 0 Å². The van der Waals surface area contributed by atoms with Gasteiger partial charge in [-0.1, -0.05) is 65.2 Å². The number of hydrogen-bond acceptors (Lipinski definition) is 2. The summed E-state index contributed by atoms with van der Waals surface area (Å²) < 4.78 is 0. The molecule has 1 aliphatic carbocycles. The van der Waals surface area contributed by atoms with Crippen LogP contribution in [-0.2, 0) is 0 Å². The van der Waals surface area contributed by atoms with Crippen molar-refractivity contribution in [3.63, 3.8) is 0 Å². The lowest BCUT2D eigenvalue weighted by Gasteiger charge is -2.33. The molecule has 0 aromatic heterocycles. The van der Waals surface area contributed by atoms with Gasteiger partial charge in [0.1, 0.15) is 0 Å². The first kappa shape index (κ1) is 16.0. The van der Waals surface area contributed by atoms with Gasteiger partial charge in [-0.3, -0.25) is 4.90 Å². The van der Waals surface area contributed by atoms with Crippen molar-refractivity contribution in [2.75, 3.05) is 13.1 Å². The zero-order valence-electron chi connectivity index (χ0n) is 12.5. The van der Waals surface area contributed by atoms with Gasteiger partial charge in [0, 0.05) is 6.04 Å². The highest BCUT2D eigenvalue weighted by Crippen LogP contribution is 2.20. The molecule has 2 heteroatoms. The number of hydrogen-bond donors (Lipinski definition) is 1. The zero-order chi connectivity index (χ0) is 13.2. The van der Waals surface area contributed by atoms with Crippen molar-refractivity contribution in [3.05, 3.63) is 0 Å². The zero-order valence-corrected chi connectivity index (χ0v) is 12.5. The molecule has 0 saturated heterocycles. The van der Waals surface area contributed by atoms with Crippen molar-refractivity contribution in [3.8, 4) is 0 Å². The summed E-state index contributed by atoms with van der Waals surface area (Å²) in [7, 11) is 0. The standard InChI is InChI=1S/C16H33NO/c1-3-17(4-2)15-13-11-9-7-5-6-8-10-12-14-16(15)18/h15-16,18H,3-14H2,1-2H3. The van der Waals surface area contributed by atoms with E-state index < -0.39 is 0 Å². The number of aliphatic hydroxyl groups excluding tert-OH is 1. The third kappa shape index (κ3) is 5.71. The molecule has 0 spiro atoms. The van der Waals surface area contributed by atoms with E-state index in [0.717, 1.165) is 19.5 Å². The molecule has 2 atom stereocenters. The van der Waals surface area contributed by atoms with E-state index in [1.807, 2.05) is 0 Å². The van der Waals surface area contributed by atoms with Crippen LogP contribution in [0.5, 0.6) is 0 Å². The minimum absolute atomic E-state index is 0.107. The lowest BCUT2D eigenvalue weighted by Crippen LogP contribution is -2.43. The number of rotatable bonds is 3. The Morgan fingerprint density at radius 3 is 1.72 bits per heavy atom.